The number of benzene rings is 1. The predicted molar refractivity (Wildman–Crippen MR) is 105 cm³/mol. The van der Waals surface area contributed by atoms with E-state index in [1.165, 1.54) is 12.3 Å². The Labute approximate surface area is 172 Å². The number of pyridine rings is 1. The molecule has 0 unspecified atom stereocenters. The fourth-order valence-electron chi connectivity index (χ4n) is 2.88. The largest absolute Gasteiger partial charge is 0.473 e. The predicted octanol–water partition coefficient (Wildman–Crippen LogP) is 3.27. The van der Waals surface area contributed by atoms with Crippen LogP contribution in [0.15, 0.2) is 47.1 Å². The molecule has 3 aromatic rings. The van der Waals surface area contributed by atoms with Crippen LogP contribution >= 0.6 is 11.6 Å². The second-order valence-corrected chi connectivity index (χ2v) is 6.91. The van der Waals surface area contributed by atoms with Gasteiger partial charge in [-0.2, -0.15) is 4.98 Å². The molecule has 1 aliphatic rings. The van der Waals surface area contributed by atoms with Gasteiger partial charge in [0.15, 0.2) is 0 Å². The van der Waals surface area contributed by atoms with E-state index in [1.807, 2.05) is 30.3 Å². The number of rotatable bonds is 6. The Morgan fingerprint density at radius 3 is 2.79 bits per heavy atom. The maximum absolute atomic E-state index is 12.4. The van der Waals surface area contributed by atoms with E-state index in [4.69, 9.17) is 25.6 Å². The molecule has 1 N–H and O–H groups in total. The van der Waals surface area contributed by atoms with Crippen LogP contribution in [0, 0.1) is 0 Å². The Morgan fingerprint density at radius 2 is 2.03 bits per heavy atom. The smallest absolute Gasteiger partial charge is 0.253 e. The molecule has 1 fully saturated rings. The van der Waals surface area contributed by atoms with E-state index in [1.54, 1.807) is 0 Å². The molecule has 1 aromatic carbocycles. The standard InChI is InChI=1S/C20H19ClN4O4/c21-16-10-14(11-23-20(16)28-15-6-8-27-9-7-15)19(26)22-12-17-24-18(25-29-17)13-4-2-1-3-5-13/h1-5,10-11,15H,6-9,12H2,(H,22,26). The summed E-state index contributed by atoms with van der Waals surface area (Å²) in [6.45, 7) is 1.41. The molecule has 4 rings (SSSR count). The Hall–Kier alpha value is -2.97. The summed E-state index contributed by atoms with van der Waals surface area (Å²) < 4.78 is 16.3. The van der Waals surface area contributed by atoms with E-state index in [0.717, 1.165) is 18.4 Å². The van der Waals surface area contributed by atoms with Crippen LogP contribution < -0.4 is 10.1 Å². The Kier molecular flexibility index (Phi) is 6.02. The van der Waals surface area contributed by atoms with Crippen LogP contribution in [-0.4, -0.2) is 40.3 Å². The molecule has 150 valence electrons. The van der Waals surface area contributed by atoms with Crippen molar-refractivity contribution in [2.45, 2.75) is 25.5 Å². The van der Waals surface area contributed by atoms with Gasteiger partial charge in [-0.25, -0.2) is 4.98 Å². The second kappa shape index (κ2) is 9.02. The van der Waals surface area contributed by atoms with Crippen LogP contribution in [0.5, 0.6) is 5.88 Å². The summed E-state index contributed by atoms with van der Waals surface area (Å²) in [5, 5.41) is 6.92. The first-order valence-electron chi connectivity index (χ1n) is 9.25. The molecule has 1 saturated heterocycles. The van der Waals surface area contributed by atoms with Crippen molar-refractivity contribution in [3.05, 3.63) is 59.1 Å². The summed E-state index contributed by atoms with van der Waals surface area (Å²) in [4.78, 5) is 20.9. The van der Waals surface area contributed by atoms with E-state index in [-0.39, 0.29) is 23.6 Å². The first-order valence-corrected chi connectivity index (χ1v) is 9.63. The zero-order valence-electron chi connectivity index (χ0n) is 15.5. The number of nitrogens with zero attached hydrogens (tertiary/aromatic N) is 3. The van der Waals surface area contributed by atoms with E-state index in [9.17, 15) is 4.79 Å². The quantitative estimate of drug-likeness (QED) is 0.660. The zero-order valence-corrected chi connectivity index (χ0v) is 16.3. The fourth-order valence-corrected chi connectivity index (χ4v) is 3.09. The van der Waals surface area contributed by atoms with Crippen LogP contribution in [0.2, 0.25) is 5.02 Å². The normalized spacial score (nSPS) is 14.5. The Morgan fingerprint density at radius 1 is 1.24 bits per heavy atom. The summed E-state index contributed by atoms with van der Waals surface area (Å²) in [5.41, 5.74) is 1.15. The monoisotopic (exact) mass is 414 g/mol. The SMILES string of the molecule is O=C(NCc1nc(-c2ccccc2)no1)c1cnc(OC2CCOCC2)c(Cl)c1. The molecular weight excluding hydrogens is 396 g/mol. The molecule has 1 aliphatic heterocycles. The van der Waals surface area contributed by atoms with Gasteiger partial charge in [-0.3, -0.25) is 4.79 Å². The maximum atomic E-state index is 12.4. The molecule has 3 heterocycles. The van der Waals surface area contributed by atoms with Crippen LogP contribution in [0.4, 0.5) is 0 Å². The first-order chi connectivity index (χ1) is 14.2. The maximum Gasteiger partial charge on any atom is 0.253 e. The molecule has 2 aromatic heterocycles. The van der Waals surface area contributed by atoms with Crippen molar-refractivity contribution in [3.63, 3.8) is 0 Å². The Bertz CT molecular complexity index is 974. The lowest BCUT2D eigenvalue weighted by Gasteiger charge is -2.23. The highest BCUT2D eigenvalue weighted by Crippen LogP contribution is 2.25. The van der Waals surface area contributed by atoms with E-state index in [2.05, 4.69) is 20.4 Å². The third-order valence-corrected chi connectivity index (χ3v) is 4.69. The summed E-state index contributed by atoms with van der Waals surface area (Å²) in [6.07, 6.45) is 3.02. The van der Waals surface area contributed by atoms with Gasteiger partial charge in [0.05, 0.1) is 25.3 Å². The number of carbonyl (C=O) groups excluding carboxylic acids is 1. The van der Waals surface area contributed by atoms with Gasteiger partial charge >= 0.3 is 0 Å². The van der Waals surface area contributed by atoms with Crippen molar-refractivity contribution in [1.29, 1.82) is 0 Å². The van der Waals surface area contributed by atoms with Gasteiger partial charge in [-0.05, 0) is 6.07 Å². The minimum atomic E-state index is -0.350. The molecule has 0 aliphatic carbocycles. The molecule has 0 atom stereocenters. The van der Waals surface area contributed by atoms with Crippen molar-refractivity contribution < 1.29 is 18.8 Å². The number of hydrogen-bond donors (Lipinski definition) is 1. The average Bonchev–Trinajstić information content (AvgIpc) is 3.24. The third-order valence-electron chi connectivity index (χ3n) is 4.42. The molecule has 8 nitrogen and oxygen atoms in total. The molecular formula is C20H19ClN4O4. The zero-order chi connectivity index (χ0) is 20.1. The lowest BCUT2D eigenvalue weighted by molar-refractivity contribution is 0.0238. The van der Waals surface area contributed by atoms with Gasteiger partial charge in [0.2, 0.25) is 17.6 Å². The van der Waals surface area contributed by atoms with Crippen molar-refractivity contribution >= 4 is 17.5 Å². The van der Waals surface area contributed by atoms with Crippen molar-refractivity contribution in [1.82, 2.24) is 20.4 Å². The fraction of sp³-hybridized carbons (Fsp3) is 0.300. The van der Waals surface area contributed by atoms with Crippen LogP contribution in [0.1, 0.15) is 29.1 Å². The summed E-state index contributed by atoms with van der Waals surface area (Å²) in [5.74, 6) is 0.737. The third kappa shape index (κ3) is 4.90. The highest BCUT2D eigenvalue weighted by molar-refractivity contribution is 6.32. The molecule has 0 spiro atoms. The lowest BCUT2D eigenvalue weighted by Crippen LogP contribution is -2.26. The first kappa shape index (κ1) is 19.4. The summed E-state index contributed by atoms with van der Waals surface area (Å²) in [6, 6.07) is 11.0. The molecule has 0 bridgehead atoms. The van der Waals surface area contributed by atoms with Gasteiger partial charge in [-0.15, -0.1) is 0 Å². The highest BCUT2D eigenvalue weighted by atomic mass is 35.5. The molecule has 1 amide bonds. The van der Waals surface area contributed by atoms with Crippen molar-refractivity contribution in [3.8, 4) is 17.3 Å². The van der Waals surface area contributed by atoms with Crippen LogP contribution in [0.25, 0.3) is 11.4 Å². The lowest BCUT2D eigenvalue weighted by atomic mass is 10.1. The van der Waals surface area contributed by atoms with Gasteiger partial charge in [0.25, 0.3) is 5.91 Å². The minimum absolute atomic E-state index is 0.0183. The number of aromatic nitrogens is 3. The molecule has 0 saturated carbocycles. The number of ether oxygens (including phenoxy) is 2. The number of hydrogen-bond acceptors (Lipinski definition) is 7. The molecule has 0 radical (unpaired) electrons. The molecule has 9 heteroatoms. The topological polar surface area (TPSA) is 99.4 Å². The average molecular weight is 415 g/mol. The minimum Gasteiger partial charge on any atom is -0.473 e. The molecule has 29 heavy (non-hydrogen) atoms. The highest BCUT2D eigenvalue weighted by Gasteiger charge is 2.19. The van der Waals surface area contributed by atoms with E-state index < -0.39 is 0 Å². The van der Waals surface area contributed by atoms with Crippen molar-refractivity contribution in [2.75, 3.05) is 13.2 Å². The summed E-state index contributed by atoms with van der Waals surface area (Å²) in [7, 11) is 0. The van der Waals surface area contributed by atoms with E-state index >= 15 is 0 Å². The van der Waals surface area contributed by atoms with Gasteiger partial charge in [-0.1, -0.05) is 47.1 Å². The second-order valence-electron chi connectivity index (χ2n) is 6.50. The summed E-state index contributed by atoms with van der Waals surface area (Å²) >= 11 is 6.24. The van der Waals surface area contributed by atoms with Gasteiger partial charge in [0, 0.05) is 24.6 Å². The van der Waals surface area contributed by atoms with Gasteiger partial charge < -0.3 is 19.3 Å². The number of carbonyl (C=O) groups is 1. The van der Waals surface area contributed by atoms with E-state index in [0.29, 0.717) is 36.4 Å². The number of halogens is 1. The van der Waals surface area contributed by atoms with Crippen molar-refractivity contribution in [2.24, 2.45) is 0 Å². The van der Waals surface area contributed by atoms with Gasteiger partial charge in [0.1, 0.15) is 11.1 Å². The number of amides is 1. The number of nitrogens with one attached hydrogen (secondary N) is 1. The Balaban J connectivity index is 1.35. The van der Waals surface area contributed by atoms with Crippen LogP contribution in [0.3, 0.4) is 0 Å². The van der Waals surface area contributed by atoms with Crippen LogP contribution in [-0.2, 0) is 11.3 Å².